The highest BCUT2D eigenvalue weighted by atomic mass is 32.1. The fourth-order valence-corrected chi connectivity index (χ4v) is 4.66. The Morgan fingerprint density at radius 3 is 2.20 bits per heavy atom. The first-order chi connectivity index (χ1) is 14.6. The van der Waals surface area contributed by atoms with Crippen LogP contribution in [0.4, 0.5) is 10.8 Å². The molecule has 0 bridgehead atoms. The molecule has 5 rings (SSSR count). The van der Waals surface area contributed by atoms with Crippen molar-refractivity contribution in [3.63, 3.8) is 0 Å². The van der Waals surface area contributed by atoms with Crippen LogP contribution in [0.25, 0.3) is 9.88 Å². The molecule has 0 unspecified atom stereocenters. The van der Waals surface area contributed by atoms with Crippen molar-refractivity contribution in [3.05, 3.63) is 82.7 Å². The Labute approximate surface area is 178 Å². The van der Waals surface area contributed by atoms with Crippen LogP contribution < -0.4 is 10.2 Å². The second-order valence-electron chi connectivity index (χ2n) is 6.38. The van der Waals surface area contributed by atoms with Crippen LogP contribution >= 0.6 is 22.7 Å². The van der Waals surface area contributed by atoms with E-state index in [4.69, 9.17) is 0 Å². The van der Waals surface area contributed by atoms with Gasteiger partial charge >= 0.3 is 0 Å². The molecule has 146 valence electrons. The molecule has 1 aliphatic heterocycles. The lowest BCUT2D eigenvalue weighted by molar-refractivity contribution is 0.0925. The Bertz CT molecular complexity index is 1240. The van der Waals surface area contributed by atoms with Crippen LogP contribution in [-0.4, -0.2) is 27.9 Å². The highest BCUT2D eigenvalue weighted by Crippen LogP contribution is 2.31. The highest BCUT2D eigenvalue weighted by molar-refractivity contribution is 7.23. The van der Waals surface area contributed by atoms with Gasteiger partial charge < -0.3 is 0 Å². The smallest absolute Gasteiger partial charge is 0.266 e. The molecule has 4 aromatic rings. The summed E-state index contributed by atoms with van der Waals surface area (Å²) in [6.45, 7) is 0. The number of nitrogens with one attached hydrogen (secondary N) is 1. The molecule has 2 aromatic heterocycles. The van der Waals surface area contributed by atoms with Gasteiger partial charge in [0.15, 0.2) is 5.01 Å². The van der Waals surface area contributed by atoms with Gasteiger partial charge in [0.1, 0.15) is 0 Å². The van der Waals surface area contributed by atoms with Crippen molar-refractivity contribution in [2.24, 2.45) is 0 Å². The first-order valence-corrected chi connectivity index (χ1v) is 10.6. The number of nitrogens with zero attached hydrogens (tertiary/aromatic N) is 3. The Morgan fingerprint density at radius 2 is 1.57 bits per heavy atom. The quantitative estimate of drug-likeness (QED) is 0.485. The van der Waals surface area contributed by atoms with Crippen molar-refractivity contribution in [2.75, 3.05) is 10.2 Å². The summed E-state index contributed by atoms with van der Waals surface area (Å²) >= 11 is 2.84. The molecule has 0 aliphatic carbocycles. The molecular weight excluding hydrogens is 420 g/mol. The lowest BCUT2D eigenvalue weighted by Gasteiger charge is -2.14. The van der Waals surface area contributed by atoms with Gasteiger partial charge in [-0.25, -0.2) is 4.90 Å². The van der Waals surface area contributed by atoms with Crippen LogP contribution in [0.2, 0.25) is 0 Å². The van der Waals surface area contributed by atoms with Crippen LogP contribution in [-0.2, 0) is 0 Å². The molecule has 30 heavy (non-hydrogen) atoms. The zero-order valence-electron chi connectivity index (χ0n) is 15.2. The standard InChI is InChI=1S/C21H12N4O3S2/c26-17(22-21-24-23-18(30-21)16-6-3-11-29-16)12-7-9-13(10-8-12)25-19(27)14-4-1-2-5-15(14)20(25)28/h1-11H,(H,22,24,26). The lowest BCUT2D eigenvalue weighted by atomic mass is 10.1. The third-order valence-corrected chi connectivity index (χ3v) is 6.44. The number of amides is 3. The van der Waals surface area contributed by atoms with Gasteiger partial charge in [0.2, 0.25) is 5.13 Å². The summed E-state index contributed by atoms with van der Waals surface area (Å²) in [5.74, 6) is -1.09. The molecule has 1 aliphatic rings. The molecule has 0 fully saturated rings. The maximum absolute atomic E-state index is 12.6. The summed E-state index contributed by atoms with van der Waals surface area (Å²) in [6, 6.07) is 16.8. The molecule has 3 heterocycles. The summed E-state index contributed by atoms with van der Waals surface area (Å²) in [5.41, 5.74) is 1.54. The van der Waals surface area contributed by atoms with E-state index < -0.39 is 0 Å². The molecule has 3 amide bonds. The number of aromatic nitrogens is 2. The van der Waals surface area contributed by atoms with Gasteiger partial charge in [-0.05, 0) is 47.8 Å². The van der Waals surface area contributed by atoms with E-state index in [1.807, 2.05) is 17.5 Å². The molecule has 2 aromatic carbocycles. The summed E-state index contributed by atoms with van der Waals surface area (Å²) in [6.07, 6.45) is 0. The second kappa shape index (κ2) is 7.29. The fourth-order valence-electron chi connectivity index (χ4n) is 3.13. The number of thiophene rings is 1. The van der Waals surface area contributed by atoms with E-state index in [0.717, 1.165) is 14.8 Å². The Balaban J connectivity index is 1.33. The van der Waals surface area contributed by atoms with Gasteiger partial charge in [-0.2, -0.15) is 0 Å². The maximum atomic E-state index is 12.6. The minimum Gasteiger partial charge on any atom is -0.296 e. The average Bonchev–Trinajstić information content (AvgIpc) is 3.50. The van der Waals surface area contributed by atoms with Crippen LogP contribution in [0.15, 0.2) is 66.0 Å². The summed E-state index contributed by atoms with van der Waals surface area (Å²) in [4.78, 5) is 39.8. The molecule has 9 heteroatoms. The summed E-state index contributed by atoms with van der Waals surface area (Å²) in [5, 5.41) is 13.9. The van der Waals surface area contributed by atoms with E-state index in [0.29, 0.717) is 27.5 Å². The number of carbonyl (C=O) groups excluding carboxylic acids is 3. The van der Waals surface area contributed by atoms with Gasteiger partial charge in [-0.1, -0.05) is 29.5 Å². The van der Waals surface area contributed by atoms with Gasteiger partial charge in [0.25, 0.3) is 17.7 Å². The lowest BCUT2D eigenvalue weighted by Crippen LogP contribution is -2.29. The minimum absolute atomic E-state index is 0.349. The fraction of sp³-hybridized carbons (Fsp3) is 0. The van der Waals surface area contributed by atoms with Gasteiger partial charge in [-0.15, -0.1) is 21.5 Å². The number of anilines is 2. The van der Waals surface area contributed by atoms with Crippen LogP contribution in [0.1, 0.15) is 31.1 Å². The molecule has 1 N–H and O–H groups in total. The number of hydrogen-bond acceptors (Lipinski definition) is 7. The number of rotatable bonds is 4. The predicted octanol–water partition coefficient (Wildman–Crippen LogP) is 4.32. The van der Waals surface area contributed by atoms with Crippen molar-refractivity contribution in [2.45, 2.75) is 0 Å². The Hall–Kier alpha value is -3.69. The third-order valence-electron chi connectivity index (χ3n) is 4.56. The van der Waals surface area contributed by atoms with Crippen LogP contribution in [0, 0.1) is 0 Å². The zero-order valence-corrected chi connectivity index (χ0v) is 16.9. The largest absolute Gasteiger partial charge is 0.296 e. The number of benzene rings is 2. The molecule has 0 spiro atoms. The second-order valence-corrected chi connectivity index (χ2v) is 8.31. The van der Waals surface area contributed by atoms with Crippen molar-refractivity contribution in [1.82, 2.24) is 10.2 Å². The zero-order chi connectivity index (χ0) is 20.7. The van der Waals surface area contributed by atoms with Gasteiger partial charge in [0, 0.05) is 5.56 Å². The van der Waals surface area contributed by atoms with Crippen molar-refractivity contribution in [3.8, 4) is 9.88 Å². The SMILES string of the molecule is O=C(Nc1nnc(-c2cccs2)s1)c1ccc(N2C(=O)c3ccccc3C2=O)cc1. The number of hydrogen-bond donors (Lipinski definition) is 1. The minimum atomic E-state index is -0.372. The monoisotopic (exact) mass is 432 g/mol. The Morgan fingerprint density at radius 1 is 0.867 bits per heavy atom. The van der Waals surface area contributed by atoms with E-state index >= 15 is 0 Å². The molecule has 0 atom stereocenters. The van der Waals surface area contributed by atoms with Gasteiger partial charge in [-0.3, -0.25) is 19.7 Å². The molecule has 0 saturated carbocycles. The van der Waals surface area contributed by atoms with Crippen molar-refractivity contribution >= 4 is 51.2 Å². The first-order valence-electron chi connectivity index (χ1n) is 8.88. The van der Waals surface area contributed by atoms with Crippen LogP contribution in [0.5, 0.6) is 0 Å². The number of fused-ring (bicyclic) bond motifs is 1. The van der Waals surface area contributed by atoms with E-state index in [-0.39, 0.29) is 17.7 Å². The summed E-state index contributed by atoms with van der Waals surface area (Å²) < 4.78 is 0. The number of carbonyl (C=O) groups is 3. The topological polar surface area (TPSA) is 92.3 Å². The average molecular weight is 432 g/mol. The maximum Gasteiger partial charge on any atom is 0.266 e. The van der Waals surface area contributed by atoms with E-state index in [2.05, 4.69) is 15.5 Å². The van der Waals surface area contributed by atoms with Crippen LogP contribution in [0.3, 0.4) is 0 Å². The van der Waals surface area contributed by atoms with Crippen molar-refractivity contribution in [1.29, 1.82) is 0 Å². The summed E-state index contributed by atoms with van der Waals surface area (Å²) in [7, 11) is 0. The van der Waals surface area contributed by atoms with E-state index in [9.17, 15) is 14.4 Å². The van der Waals surface area contributed by atoms with Gasteiger partial charge in [0.05, 0.1) is 21.7 Å². The van der Waals surface area contributed by atoms with E-state index in [1.165, 1.54) is 11.3 Å². The Kier molecular flexibility index (Phi) is 4.46. The molecular formula is C21H12N4O3S2. The van der Waals surface area contributed by atoms with E-state index in [1.54, 1.807) is 59.9 Å². The number of imide groups is 1. The molecule has 0 radical (unpaired) electrons. The highest BCUT2D eigenvalue weighted by Gasteiger charge is 2.36. The van der Waals surface area contributed by atoms with Crippen molar-refractivity contribution < 1.29 is 14.4 Å². The molecule has 0 saturated heterocycles. The third kappa shape index (κ3) is 3.10. The predicted molar refractivity (Wildman–Crippen MR) is 115 cm³/mol. The molecule has 7 nitrogen and oxygen atoms in total. The normalized spacial score (nSPS) is 12.9. The first kappa shape index (κ1) is 18.3.